The van der Waals surface area contributed by atoms with Crippen LogP contribution in [0.2, 0.25) is 0 Å². The molecule has 2 heterocycles. The van der Waals surface area contributed by atoms with Crippen LogP contribution in [0, 0.1) is 6.92 Å². The number of aryl methyl sites for hydroxylation is 1. The molecule has 10 nitrogen and oxygen atoms in total. The fourth-order valence-electron chi connectivity index (χ4n) is 3.85. The molecular formula is C22H24N4O6S. The van der Waals surface area contributed by atoms with E-state index in [0.29, 0.717) is 28.3 Å². The Labute approximate surface area is 191 Å². The fraction of sp³-hybridized carbons (Fsp3) is 0.318. The van der Waals surface area contributed by atoms with Crippen molar-refractivity contribution in [1.82, 2.24) is 9.21 Å². The topological polar surface area (TPSA) is 125 Å². The number of piperazine rings is 1. The zero-order valence-electron chi connectivity index (χ0n) is 18.3. The number of anilines is 2. The number of rotatable bonds is 4. The molecule has 0 aromatic heterocycles. The fourth-order valence-corrected chi connectivity index (χ4v) is 5.49. The van der Waals surface area contributed by atoms with Gasteiger partial charge in [0, 0.05) is 50.4 Å². The van der Waals surface area contributed by atoms with Gasteiger partial charge >= 0.3 is 0 Å². The number of nitrogens with zero attached hydrogens (tertiary/aromatic N) is 2. The van der Waals surface area contributed by atoms with E-state index in [1.165, 1.54) is 17.3 Å². The van der Waals surface area contributed by atoms with Crippen LogP contribution in [0.5, 0.6) is 5.75 Å². The van der Waals surface area contributed by atoms with E-state index in [-0.39, 0.29) is 55.4 Å². The Hall–Kier alpha value is -3.44. The van der Waals surface area contributed by atoms with Crippen LogP contribution >= 0.6 is 0 Å². The third-order valence-electron chi connectivity index (χ3n) is 5.51. The Bertz CT molecular complexity index is 1220. The van der Waals surface area contributed by atoms with Crippen molar-refractivity contribution in [3.05, 3.63) is 47.5 Å². The maximum Gasteiger partial charge on any atom is 0.262 e. The van der Waals surface area contributed by atoms with Crippen LogP contribution in [0.25, 0.3) is 0 Å². The summed E-state index contributed by atoms with van der Waals surface area (Å²) in [5.41, 5.74) is 2.00. The van der Waals surface area contributed by atoms with E-state index in [1.54, 1.807) is 42.2 Å². The molecule has 2 aliphatic heterocycles. The minimum absolute atomic E-state index is 0.116. The lowest BCUT2D eigenvalue weighted by Gasteiger charge is -2.34. The molecule has 2 aliphatic rings. The summed E-state index contributed by atoms with van der Waals surface area (Å²) in [6.45, 7) is 3.73. The van der Waals surface area contributed by atoms with Crippen molar-refractivity contribution in [3.63, 3.8) is 0 Å². The number of amides is 3. The zero-order valence-corrected chi connectivity index (χ0v) is 19.1. The second-order valence-corrected chi connectivity index (χ2v) is 9.81. The second kappa shape index (κ2) is 8.83. The van der Waals surface area contributed by atoms with E-state index in [1.807, 2.05) is 0 Å². The van der Waals surface area contributed by atoms with Gasteiger partial charge < -0.3 is 20.3 Å². The predicted octanol–water partition coefficient (Wildman–Crippen LogP) is 1.43. The van der Waals surface area contributed by atoms with E-state index in [2.05, 4.69) is 10.6 Å². The van der Waals surface area contributed by atoms with Gasteiger partial charge in [0.1, 0.15) is 5.75 Å². The monoisotopic (exact) mass is 472 g/mol. The van der Waals surface area contributed by atoms with Gasteiger partial charge in [-0.25, -0.2) is 8.42 Å². The average molecular weight is 473 g/mol. The van der Waals surface area contributed by atoms with Crippen LogP contribution in [0.15, 0.2) is 41.3 Å². The molecule has 2 aromatic rings. The highest BCUT2D eigenvalue weighted by Gasteiger charge is 2.32. The van der Waals surface area contributed by atoms with Crippen molar-refractivity contribution >= 4 is 39.1 Å². The molecule has 0 atom stereocenters. The minimum atomic E-state index is -3.81. The Kier molecular flexibility index (Phi) is 6.09. The van der Waals surface area contributed by atoms with Gasteiger partial charge in [-0.1, -0.05) is 0 Å². The van der Waals surface area contributed by atoms with E-state index >= 15 is 0 Å². The molecule has 0 bridgehead atoms. The summed E-state index contributed by atoms with van der Waals surface area (Å²) in [5.74, 6) is -0.370. The van der Waals surface area contributed by atoms with Crippen molar-refractivity contribution in [3.8, 4) is 5.75 Å². The summed E-state index contributed by atoms with van der Waals surface area (Å²) >= 11 is 0. The molecule has 1 fully saturated rings. The molecular weight excluding hydrogens is 448 g/mol. The number of nitrogens with one attached hydrogen (secondary N) is 2. The molecule has 4 rings (SSSR count). The number of hydrogen-bond donors (Lipinski definition) is 2. The van der Waals surface area contributed by atoms with Gasteiger partial charge in [0.25, 0.3) is 11.8 Å². The van der Waals surface area contributed by atoms with Crippen molar-refractivity contribution < 1.29 is 27.5 Å². The van der Waals surface area contributed by atoms with Crippen LogP contribution in [-0.4, -0.2) is 68.1 Å². The molecule has 11 heteroatoms. The van der Waals surface area contributed by atoms with E-state index in [0.717, 1.165) is 0 Å². The Balaban J connectivity index is 1.44. The van der Waals surface area contributed by atoms with Gasteiger partial charge in [0.15, 0.2) is 6.61 Å². The van der Waals surface area contributed by atoms with E-state index in [9.17, 15) is 22.8 Å². The number of hydrogen-bond acceptors (Lipinski definition) is 6. The van der Waals surface area contributed by atoms with Crippen LogP contribution in [0.3, 0.4) is 0 Å². The lowest BCUT2D eigenvalue weighted by atomic mass is 10.1. The summed E-state index contributed by atoms with van der Waals surface area (Å²) in [5, 5.41) is 5.32. The number of ether oxygens (including phenoxy) is 1. The first-order valence-corrected chi connectivity index (χ1v) is 11.8. The lowest BCUT2D eigenvalue weighted by Crippen LogP contribution is -2.50. The molecule has 33 heavy (non-hydrogen) atoms. The highest BCUT2D eigenvalue weighted by atomic mass is 32.2. The van der Waals surface area contributed by atoms with Crippen molar-refractivity contribution in [2.45, 2.75) is 18.7 Å². The highest BCUT2D eigenvalue weighted by Crippen LogP contribution is 2.34. The third kappa shape index (κ3) is 4.69. The lowest BCUT2D eigenvalue weighted by molar-refractivity contribution is -0.118. The molecule has 0 saturated carbocycles. The van der Waals surface area contributed by atoms with Crippen LogP contribution < -0.4 is 15.4 Å². The van der Waals surface area contributed by atoms with Gasteiger partial charge in [0.2, 0.25) is 15.9 Å². The summed E-state index contributed by atoms with van der Waals surface area (Å²) in [7, 11) is -3.81. The number of carbonyl (C=O) groups is 3. The van der Waals surface area contributed by atoms with Crippen molar-refractivity contribution in [2.24, 2.45) is 0 Å². The molecule has 0 aliphatic carbocycles. The zero-order chi connectivity index (χ0) is 23.8. The Morgan fingerprint density at radius 1 is 1.06 bits per heavy atom. The minimum Gasteiger partial charge on any atom is -0.482 e. The molecule has 0 spiro atoms. The van der Waals surface area contributed by atoms with Crippen LogP contribution in [-0.2, 0) is 19.6 Å². The maximum absolute atomic E-state index is 13.3. The second-order valence-electron chi connectivity index (χ2n) is 7.91. The molecule has 2 aromatic carbocycles. The SMILES string of the molecule is CC(=O)Nc1ccc(C(=O)N2CCN(S(=O)(=O)c3cc4c(cc3C)NC(=O)CO4)CC2)cc1. The maximum atomic E-state index is 13.3. The average Bonchev–Trinajstić information content (AvgIpc) is 2.78. The molecule has 0 unspecified atom stereocenters. The molecule has 2 N–H and O–H groups in total. The van der Waals surface area contributed by atoms with Gasteiger partial charge in [-0.05, 0) is 42.8 Å². The summed E-state index contributed by atoms with van der Waals surface area (Å²) < 4.78 is 33.3. The van der Waals surface area contributed by atoms with Gasteiger partial charge in [-0.2, -0.15) is 4.31 Å². The number of sulfonamides is 1. The van der Waals surface area contributed by atoms with E-state index < -0.39 is 10.0 Å². The number of fused-ring (bicyclic) bond motifs is 1. The standard InChI is InChI=1S/C22H24N4O6S/c1-14-11-18-19(32-13-21(28)24-18)12-20(14)33(30,31)26-9-7-25(8-10-26)22(29)16-3-5-17(6-4-16)23-15(2)27/h3-6,11-12H,7-10,13H2,1-2H3,(H,23,27)(H,24,28). The first kappa shape index (κ1) is 22.7. The molecule has 174 valence electrons. The first-order valence-electron chi connectivity index (χ1n) is 10.4. The Morgan fingerprint density at radius 3 is 2.36 bits per heavy atom. The van der Waals surface area contributed by atoms with Gasteiger partial charge in [0.05, 0.1) is 10.6 Å². The largest absolute Gasteiger partial charge is 0.482 e. The molecule has 1 saturated heterocycles. The quantitative estimate of drug-likeness (QED) is 0.694. The number of carbonyl (C=O) groups excluding carboxylic acids is 3. The van der Waals surface area contributed by atoms with Gasteiger partial charge in [-0.3, -0.25) is 14.4 Å². The van der Waals surface area contributed by atoms with E-state index in [4.69, 9.17) is 4.74 Å². The molecule has 3 amide bonds. The number of benzene rings is 2. The normalized spacial score (nSPS) is 16.4. The van der Waals surface area contributed by atoms with Crippen molar-refractivity contribution in [2.75, 3.05) is 43.4 Å². The first-order chi connectivity index (χ1) is 15.6. The van der Waals surface area contributed by atoms with Crippen molar-refractivity contribution in [1.29, 1.82) is 0 Å². The summed E-state index contributed by atoms with van der Waals surface area (Å²) in [6.07, 6.45) is 0. The smallest absolute Gasteiger partial charge is 0.262 e. The highest BCUT2D eigenvalue weighted by molar-refractivity contribution is 7.89. The third-order valence-corrected chi connectivity index (χ3v) is 7.55. The molecule has 0 radical (unpaired) electrons. The summed E-state index contributed by atoms with van der Waals surface area (Å²) in [6, 6.07) is 9.59. The van der Waals surface area contributed by atoms with Crippen LogP contribution in [0.4, 0.5) is 11.4 Å². The predicted molar refractivity (Wildman–Crippen MR) is 121 cm³/mol. The Morgan fingerprint density at radius 2 is 1.73 bits per heavy atom. The van der Waals surface area contributed by atoms with Gasteiger partial charge in [-0.15, -0.1) is 0 Å². The summed E-state index contributed by atoms with van der Waals surface area (Å²) in [4.78, 5) is 37.2. The van der Waals surface area contributed by atoms with Crippen LogP contribution in [0.1, 0.15) is 22.8 Å².